The number of carbonyl (C=O) groups excluding carboxylic acids is 1. The van der Waals surface area contributed by atoms with Gasteiger partial charge in [-0.25, -0.2) is 0 Å². The largest absolute Gasteiger partial charge is 0.411 e. The second kappa shape index (κ2) is 4.83. The second-order valence-corrected chi connectivity index (χ2v) is 3.12. The van der Waals surface area contributed by atoms with Gasteiger partial charge in [0.15, 0.2) is 0 Å². The molecular formula is C8H6Cl2N2O2. The van der Waals surface area contributed by atoms with Crippen molar-refractivity contribution in [2.75, 3.05) is 5.32 Å². The first-order valence-electron chi connectivity index (χ1n) is 3.57. The number of oxime groups is 1. The van der Waals surface area contributed by atoms with Crippen LogP contribution in [0.25, 0.3) is 0 Å². The van der Waals surface area contributed by atoms with E-state index in [0.717, 1.165) is 6.21 Å². The van der Waals surface area contributed by atoms with Crippen LogP contribution in [0.5, 0.6) is 0 Å². The van der Waals surface area contributed by atoms with Crippen LogP contribution in [0, 0.1) is 0 Å². The molecule has 1 amide bonds. The summed E-state index contributed by atoms with van der Waals surface area (Å²) in [5.41, 5.74) is 0.365. The SMILES string of the molecule is O=C(C=NO)Nc1cccc(Cl)c1Cl. The van der Waals surface area contributed by atoms with Crippen LogP contribution in [0.1, 0.15) is 0 Å². The highest BCUT2D eigenvalue weighted by Crippen LogP contribution is 2.29. The molecule has 6 heteroatoms. The molecule has 0 saturated heterocycles. The van der Waals surface area contributed by atoms with Gasteiger partial charge in [0.2, 0.25) is 0 Å². The van der Waals surface area contributed by atoms with Gasteiger partial charge < -0.3 is 10.5 Å². The number of anilines is 1. The summed E-state index contributed by atoms with van der Waals surface area (Å²) in [7, 11) is 0. The highest BCUT2D eigenvalue weighted by Gasteiger charge is 2.06. The van der Waals surface area contributed by atoms with Gasteiger partial charge in [-0.05, 0) is 12.1 Å². The van der Waals surface area contributed by atoms with Crippen molar-refractivity contribution < 1.29 is 10.0 Å². The first-order valence-corrected chi connectivity index (χ1v) is 4.33. The van der Waals surface area contributed by atoms with Crippen molar-refractivity contribution in [3.8, 4) is 0 Å². The zero-order chi connectivity index (χ0) is 10.6. The Kier molecular flexibility index (Phi) is 3.73. The summed E-state index contributed by atoms with van der Waals surface area (Å²) >= 11 is 11.5. The Morgan fingerprint density at radius 3 is 2.86 bits per heavy atom. The fourth-order valence-electron chi connectivity index (χ4n) is 0.818. The van der Waals surface area contributed by atoms with Gasteiger partial charge in [-0.3, -0.25) is 4.79 Å². The highest BCUT2D eigenvalue weighted by molar-refractivity contribution is 6.44. The molecule has 1 aromatic rings. The van der Waals surface area contributed by atoms with Crippen LogP contribution < -0.4 is 5.32 Å². The molecule has 14 heavy (non-hydrogen) atoms. The number of rotatable bonds is 2. The lowest BCUT2D eigenvalue weighted by Crippen LogP contribution is -2.12. The minimum Gasteiger partial charge on any atom is -0.411 e. The van der Waals surface area contributed by atoms with Crippen LogP contribution in [0.4, 0.5) is 5.69 Å². The summed E-state index contributed by atoms with van der Waals surface area (Å²) < 4.78 is 0. The Hall–Kier alpha value is -1.26. The van der Waals surface area contributed by atoms with Crippen molar-refractivity contribution in [3.05, 3.63) is 28.2 Å². The predicted octanol–water partition coefficient (Wildman–Crippen LogP) is 2.39. The molecule has 0 aliphatic rings. The summed E-state index contributed by atoms with van der Waals surface area (Å²) in [5.74, 6) is -0.586. The van der Waals surface area contributed by atoms with E-state index in [9.17, 15) is 4.79 Å². The normalized spacial score (nSPS) is 10.4. The predicted molar refractivity (Wildman–Crippen MR) is 55.4 cm³/mol. The maximum atomic E-state index is 11.0. The lowest BCUT2D eigenvalue weighted by Gasteiger charge is -2.04. The number of halogens is 2. The van der Waals surface area contributed by atoms with Crippen LogP contribution in [0.3, 0.4) is 0 Å². The van der Waals surface area contributed by atoms with Crippen LogP contribution in [-0.4, -0.2) is 17.3 Å². The van der Waals surface area contributed by atoms with Crippen molar-refractivity contribution >= 4 is 41.0 Å². The molecule has 1 aromatic carbocycles. The molecule has 0 aromatic heterocycles. The van der Waals surface area contributed by atoms with E-state index in [1.807, 2.05) is 0 Å². The fraction of sp³-hybridized carbons (Fsp3) is 0. The van der Waals surface area contributed by atoms with E-state index in [1.54, 1.807) is 18.2 Å². The Morgan fingerprint density at radius 1 is 1.50 bits per heavy atom. The first kappa shape index (κ1) is 10.8. The van der Waals surface area contributed by atoms with Gasteiger partial charge in [-0.1, -0.05) is 34.4 Å². The number of carbonyl (C=O) groups is 1. The zero-order valence-electron chi connectivity index (χ0n) is 6.87. The minimum atomic E-state index is -0.586. The molecule has 0 atom stereocenters. The summed E-state index contributed by atoms with van der Waals surface area (Å²) in [6, 6.07) is 4.82. The summed E-state index contributed by atoms with van der Waals surface area (Å²) in [4.78, 5) is 11.0. The molecule has 2 N–H and O–H groups in total. The van der Waals surface area contributed by atoms with Gasteiger partial charge in [-0.15, -0.1) is 0 Å². The Balaban J connectivity index is 2.87. The molecule has 0 aliphatic carbocycles. The summed E-state index contributed by atoms with van der Waals surface area (Å²) in [6.45, 7) is 0. The number of hydrogen-bond donors (Lipinski definition) is 2. The molecule has 1 rings (SSSR count). The third-order valence-electron chi connectivity index (χ3n) is 1.38. The second-order valence-electron chi connectivity index (χ2n) is 2.34. The summed E-state index contributed by atoms with van der Waals surface area (Å²) in [5, 5.41) is 13.6. The van der Waals surface area contributed by atoms with Crippen LogP contribution in [0.2, 0.25) is 10.0 Å². The molecule has 74 valence electrons. The lowest BCUT2D eigenvalue weighted by atomic mass is 10.3. The molecule has 0 saturated carbocycles. The van der Waals surface area contributed by atoms with E-state index in [2.05, 4.69) is 10.5 Å². The van der Waals surface area contributed by atoms with Gasteiger partial charge in [0.1, 0.15) is 6.21 Å². The maximum Gasteiger partial charge on any atom is 0.270 e. The van der Waals surface area contributed by atoms with Gasteiger partial charge in [0.05, 0.1) is 15.7 Å². The smallest absolute Gasteiger partial charge is 0.270 e. The van der Waals surface area contributed by atoms with Gasteiger partial charge in [-0.2, -0.15) is 0 Å². The average Bonchev–Trinajstić information content (AvgIpc) is 2.13. The third-order valence-corrected chi connectivity index (χ3v) is 2.20. The number of nitrogens with zero attached hydrogens (tertiary/aromatic N) is 1. The molecule has 0 radical (unpaired) electrons. The maximum absolute atomic E-state index is 11.0. The van der Waals surface area contributed by atoms with Crippen molar-refractivity contribution in [1.29, 1.82) is 0 Å². The van der Waals surface area contributed by atoms with Crippen molar-refractivity contribution in [3.63, 3.8) is 0 Å². The number of benzene rings is 1. The van der Waals surface area contributed by atoms with Crippen molar-refractivity contribution in [2.45, 2.75) is 0 Å². The van der Waals surface area contributed by atoms with Gasteiger partial charge in [0.25, 0.3) is 5.91 Å². The Morgan fingerprint density at radius 2 is 2.21 bits per heavy atom. The van der Waals surface area contributed by atoms with Gasteiger partial charge in [0, 0.05) is 0 Å². The zero-order valence-corrected chi connectivity index (χ0v) is 8.38. The molecule has 0 spiro atoms. The molecule has 0 heterocycles. The third kappa shape index (κ3) is 2.61. The average molecular weight is 233 g/mol. The van der Waals surface area contributed by atoms with E-state index >= 15 is 0 Å². The van der Waals surface area contributed by atoms with Crippen molar-refractivity contribution in [1.82, 2.24) is 0 Å². The highest BCUT2D eigenvalue weighted by atomic mass is 35.5. The monoisotopic (exact) mass is 232 g/mol. The molecule has 0 unspecified atom stereocenters. The molecule has 4 nitrogen and oxygen atoms in total. The summed E-state index contributed by atoms with van der Waals surface area (Å²) in [6.07, 6.45) is 0.719. The van der Waals surface area contributed by atoms with E-state index in [-0.39, 0.29) is 5.02 Å². The van der Waals surface area contributed by atoms with E-state index < -0.39 is 5.91 Å². The Labute approximate surface area is 90.1 Å². The first-order chi connectivity index (χ1) is 6.65. The van der Waals surface area contributed by atoms with E-state index in [0.29, 0.717) is 10.7 Å². The standard InChI is InChI=1S/C8H6Cl2N2O2/c9-5-2-1-3-6(8(5)10)12-7(13)4-11-14/h1-4,14H,(H,12,13). The van der Waals surface area contributed by atoms with E-state index in [4.69, 9.17) is 28.4 Å². The molecular weight excluding hydrogens is 227 g/mol. The fourth-order valence-corrected chi connectivity index (χ4v) is 1.17. The molecule has 0 aliphatic heterocycles. The van der Waals surface area contributed by atoms with Crippen LogP contribution in [-0.2, 0) is 4.79 Å². The van der Waals surface area contributed by atoms with Crippen LogP contribution >= 0.6 is 23.2 Å². The number of hydrogen-bond acceptors (Lipinski definition) is 3. The minimum absolute atomic E-state index is 0.244. The molecule has 0 bridgehead atoms. The number of amides is 1. The van der Waals surface area contributed by atoms with Crippen LogP contribution in [0.15, 0.2) is 23.4 Å². The Bertz CT molecular complexity index is 380. The quantitative estimate of drug-likeness (QED) is 0.468. The topological polar surface area (TPSA) is 61.7 Å². The van der Waals surface area contributed by atoms with E-state index in [1.165, 1.54) is 0 Å². The van der Waals surface area contributed by atoms with Gasteiger partial charge >= 0.3 is 0 Å². The molecule has 0 fully saturated rings. The van der Waals surface area contributed by atoms with Crippen molar-refractivity contribution in [2.24, 2.45) is 5.16 Å². The number of nitrogens with one attached hydrogen (secondary N) is 1. The lowest BCUT2D eigenvalue weighted by molar-refractivity contribution is -0.110.